The molecule has 6 nitrogen and oxygen atoms in total. The van der Waals surface area contributed by atoms with E-state index in [1.54, 1.807) is 43.5 Å². The van der Waals surface area contributed by atoms with E-state index in [9.17, 15) is 9.59 Å². The minimum absolute atomic E-state index is 0.347. The molecular weight excluding hydrogens is 308 g/mol. The molecule has 0 unspecified atom stereocenters. The molecule has 0 fully saturated rings. The van der Waals surface area contributed by atoms with Crippen LogP contribution < -0.4 is 15.0 Å². The molecule has 1 amide bonds. The van der Waals surface area contributed by atoms with Crippen LogP contribution in [-0.2, 0) is 9.53 Å². The van der Waals surface area contributed by atoms with Crippen molar-refractivity contribution in [3.05, 3.63) is 54.1 Å². The lowest BCUT2D eigenvalue weighted by atomic mass is 10.2. The van der Waals surface area contributed by atoms with Crippen LogP contribution in [0.5, 0.6) is 5.75 Å². The van der Waals surface area contributed by atoms with Crippen molar-refractivity contribution in [2.75, 3.05) is 38.0 Å². The molecule has 2 aromatic carbocycles. The number of hydrogen-bond donors (Lipinski definition) is 1. The molecule has 2 aromatic rings. The molecule has 0 atom stereocenters. The zero-order chi connectivity index (χ0) is 17.5. The maximum absolute atomic E-state index is 11.9. The Kier molecular flexibility index (Phi) is 5.78. The second kappa shape index (κ2) is 8.01. The van der Waals surface area contributed by atoms with Crippen LogP contribution in [0.3, 0.4) is 0 Å². The van der Waals surface area contributed by atoms with Gasteiger partial charge in [0.2, 0.25) is 0 Å². The number of carbonyl (C=O) groups is 2. The Balaban J connectivity index is 1.85. The van der Waals surface area contributed by atoms with E-state index in [1.807, 2.05) is 31.1 Å². The van der Waals surface area contributed by atoms with Gasteiger partial charge in [0.15, 0.2) is 6.61 Å². The number of amides is 1. The van der Waals surface area contributed by atoms with E-state index in [1.165, 1.54) is 0 Å². The topological polar surface area (TPSA) is 67.9 Å². The number of anilines is 2. The van der Waals surface area contributed by atoms with E-state index in [4.69, 9.17) is 9.47 Å². The van der Waals surface area contributed by atoms with Gasteiger partial charge in [0, 0.05) is 25.5 Å². The highest BCUT2D eigenvalue weighted by molar-refractivity contribution is 5.95. The molecule has 6 heteroatoms. The lowest BCUT2D eigenvalue weighted by molar-refractivity contribution is -0.119. The molecule has 0 radical (unpaired) electrons. The van der Waals surface area contributed by atoms with Crippen LogP contribution in [-0.4, -0.2) is 39.7 Å². The van der Waals surface area contributed by atoms with Gasteiger partial charge in [-0.25, -0.2) is 4.79 Å². The molecule has 24 heavy (non-hydrogen) atoms. The monoisotopic (exact) mass is 328 g/mol. The average molecular weight is 328 g/mol. The van der Waals surface area contributed by atoms with Gasteiger partial charge in [0.25, 0.3) is 5.91 Å². The molecule has 0 aliphatic heterocycles. The number of rotatable bonds is 6. The van der Waals surface area contributed by atoms with E-state index < -0.39 is 11.9 Å². The Bertz CT molecular complexity index is 694. The third-order valence-electron chi connectivity index (χ3n) is 3.33. The first-order valence-corrected chi connectivity index (χ1v) is 7.38. The van der Waals surface area contributed by atoms with Gasteiger partial charge in [0.1, 0.15) is 5.75 Å². The van der Waals surface area contributed by atoms with Gasteiger partial charge in [-0.15, -0.1) is 0 Å². The summed E-state index contributed by atoms with van der Waals surface area (Å²) >= 11 is 0. The van der Waals surface area contributed by atoms with Gasteiger partial charge < -0.3 is 19.7 Å². The number of ether oxygens (including phenoxy) is 2. The zero-order valence-electron chi connectivity index (χ0n) is 13.9. The fourth-order valence-corrected chi connectivity index (χ4v) is 1.98. The molecule has 126 valence electrons. The number of nitrogens with one attached hydrogen (secondary N) is 1. The highest BCUT2D eigenvalue weighted by Gasteiger charge is 2.10. The number of nitrogens with zero attached hydrogens (tertiary/aromatic N) is 1. The number of benzene rings is 2. The minimum Gasteiger partial charge on any atom is -0.497 e. The Morgan fingerprint density at radius 2 is 1.62 bits per heavy atom. The molecule has 0 aliphatic rings. The Morgan fingerprint density at radius 1 is 1.00 bits per heavy atom. The van der Waals surface area contributed by atoms with Crippen molar-refractivity contribution >= 4 is 23.3 Å². The third-order valence-corrected chi connectivity index (χ3v) is 3.33. The van der Waals surface area contributed by atoms with E-state index >= 15 is 0 Å². The smallest absolute Gasteiger partial charge is 0.338 e. The summed E-state index contributed by atoms with van der Waals surface area (Å²) < 4.78 is 10.1. The largest absolute Gasteiger partial charge is 0.497 e. The maximum Gasteiger partial charge on any atom is 0.338 e. The summed E-state index contributed by atoms with van der Waals surface area (Å²) in [5.41, 5.74) is 1.98. The van der Waals surface area contributed by atoms with Crippen LogP contribution in [0.25, 0.3) is 0 Å². The number of hydrogen-bond acceptors (Lipinski definition) is 5. The van der Waals surface area contributed by atoms with Crippen molar-refractivity contribution < 1.29 is 19.1 Å². The van der Waals surface area contributed by atoms with Crippen molar-refractivity contribution in [2.24, 2.45) is 0 Å². The van der Waals surface area contributed by atoms with Crippen LogP contribution in [0, 0.1) is 0 Å². The fraction of sp³-hybridized carbons (Fsp3) is 0.222. The first-order valence-electron chi connectivity index (χ1n) is 7.38. The maximum atomic E-state index is 11.9. The van der Waals surface area contributed by atoms with Crippen molar-refractivity contribution in [3.63, 3.8) is 0 Å². The summed E-state index contributed by atoms with van der Waals surface area (Å²) in [6, 6.07) is 13.8. The normalized spacial score (nSPS) is 9.96. The van der Waals surface area contributed by atoms with Crippen molar-refractivity contribution in [3.8, 4) is 5.75 Å². The van der Waals surface area contributed by atoms with E-state index in [0.29, 0.717) is 17.0 Å². The molecule has 0 saturated heterocycles. The molecule has 0 saturated carbocycles. The predicted octanol–water partition coefficient (Wildman–Crippen LogP) is 2.56. The van der Waals surface area contributed by atoms with E-state index in [2.05, 4.69) is 5.32 Å². The summed E-state index contributed by atoms with van der Waals surface area (Å²) in [5.74, 6) is -0.246. The summed E-state index contributed by atoms with van der Waals surface area (Å²) in [6.07, 6.45) is 0. The molecule has 2 rings (SSSR count). The Hall–Kier alpha value is -3.02. The summed E-state index contributed by atoms with van der Waals surface area (Å²) in [7, 11) is 5.39. The summed E-state index contributed by atoms with van der Waals surface area (Å²) in [4.78, 5) is 25.7. The van der Waals surface area contributed by atoms with Gasteiger partial charge in [-0.1, -0.05) is 0 Å². The first-order chi connectivity index (χ1) is 11.5. The van der Waals surface area contributed by atoms with Gasteiger partial charge in [-0.05, 0) is 48.5 Å². The highest BCUT2D eigenvalue weighted by Crippen LogP contribution is 2.15. The van der Waals surface area contributed by atoms with Crippen LogP contribution in [0.15, 0.2) is 48.5 Å². The highest BCUT2D eigenvalue weighted by atomic mass is 16.5. The van der Waals surface area contributed by atoms with Crippen molar-refractivity contribution in [1.29, 1.82) is 0 Å². The molecule has 1 N–H and O–H groups in total. The van der Waals surface area contributed by atoms with Crippen LogP contribution in [0.1, 0.15) is 10.4 Å². The molecule has 0 spiro atoms. The van der Waals surface area contributed by atoms with Crippen LogP contribution in [0.4, 0.5) is 11.4 Å². The Morgan fingerprint density at radius 3 is 2.17 bits per heavy atom. The Labute approximate surface area is 141 Å². The lowest BCUT2D eigenvalue weighted by Crippen LogP contribution is -2.21. The van der Waals surface area contributed by atoms with Crippen molar-refractivity contribution in [1.82, 2.24) is 0 Å². The first kappa shape index (κ1) is 17.3. The molecule has 0 bridgehead atoms. The number of carbonyl (C=O) groups excluding carboxylic acids is 2. The number of esters is 1. The molecular formula is C18H20N2O4. The average Bonchev–Trinajstić information content (AvgIpc) is 2.60. The second-order valence-electron chi connectivity index (χ2n) is 5.29. The van der Waals surface area contributed by atoms with Crippen molar-refractivity contribution in [2.45, 2.75) is 0 Å². The fourth-order valence-electron chi connectivity index (χ4n) is 1.98. The number of methoxy groups -OCH3 is 1. The molecule has 0 aliphatic carbocycles. The quantitative estimate of drug-likeness (QED) is 0.826. The predicted molar refractivity (Wildman–Crippen MR) is 92.7 cm³/mol. The summed E-state index contributed by atoms with van der Waals surface area (Å²) in [6.45, 7) is -0.347. The van der Waals surface area contributed by atoms with Crippen LogP contribution >= 0.6 is 0 Å². The molecule has 0 heterocycles. The third kappa shape index (κ3) is 4.74. The van der Waals surface area contributed by atoms with Gasteiger partial charge >= 0.3 is 5.97 Å². The lowest BCUT2D eigenvalue weighted by Gasteiger charge is -2.12. The molecule has 0 aromatic heterocycles. The van der Waals surface area contributed by atoms with Crippen LogP contribution in [0.2, 0.25) is 0 Å². The van der Waals surface area contributed by atoms with Gasteiger partial charge in [-0.2, -0.15) is 0 Å². The van der Waals surface area contributed by atoms with E-state index in [0.717, 1.165) is 5.69 Å². The van der Waals surface area contributed by atoms with Gasteiger partial charge in [0.05, 0.1) is 12.7 Å². The SMILES string of the molecule is COc1ccc(NC(=O)COC(=O)c2ccc(N(C)C)cc2)cc1. The minimum atomic E-state index is -0.537. The second-order valence-corrected chi connectivity index (χ2v) is 5.29. The van der Waals surface area contributed by atoms with Gasteiger partial charge in [-0.3, -0.25) is 4.79 Å². The zero-order valence-corrected chi connectivity index (χ0v) is 13.9. The van der Waals surface area contributed by atoms with E-state index in [-0.39, 0.29) is 6.61 Å². The summed E-state index contributed by atoms with van der Waals surface area (Å²) in [5, 5.41) is 2.65. The standard InChI is InChI=1S/C18H20N2O4/c1-20(2)15-8-4-13(5-9-15)18(22)24-12-17(21)19-14-6-10-16(23-3)11-7-14/h4-11H,12H2,1-3H3,(H,19,21).